The van der Waals surface area contributed by atoms with E-state index in [1.807, 2.05) is 0 Å². The van der Waals surface area contributed by atoms with Crippen LogP contribution in [-0.2, 0) is 0 Å². The van der Waals surface area contributed by atoms with Gasteiger partial charge in [0.1, 0.15) is 11.6 Å². The van der Waals surface area contributed by atoms with Gasteiger partial charge >= 0.3 is 0 Å². The molecule has 1 aromatic carbocycles. The third-order valence-corrected chi connectivity index (χ3v) is 4.37. The molecule has 2 nitrogen and oxygen atoms in total. The largest absolute Gasteiger partial charge is 0.493 e. The number of piperidine rings is 1. The summed E-state index contributed by atoms with van der Waals surface area (Å²) in [5.74, 6) is 1.91. The van der Waals surface area contributed by atoms with E-state index in [9.17, 15) is 4.39 Å². The van der Waals surface area contributed by atoms with Gasteiger partial charge in [-0.05, 0) is 52.7 Å². The van der Waals surface area contributed by atoms with E-state index in [0.29, 0.717) is 16.8 Å². The molecular formula is C16H23BrFNO. The Morgan fingerprint density at radius 1 is 1.30 bits per heavy atom. The molecule has 0 N–H and O–H groups in total. The first-order valence-electron chi connectivity index (χ1n) is 7.35. The van der Waals surface area contributed by atoms with Gasteiger partial charge in [-0.3, -0.25) is 0 Å². The van der Waals surface area contributed by atoms with Crippen LogP contribution < -0.4 is 4.74 Å². The number of rotatable bonds is 5. The van der Waals surface area contributed by atoms with E-state index in [4.69, 9.17) is 4.74 Å². The number of ether oxygens (including phenoxy) is 1. The molecule has 1 aliphatic heterocycles. The van der Waals surface area contributed by atoms with E-state index in [1.54, 1.807) is 12.1 Å². The van der Waals surface area contributed by atoms with Crippen LogP contribution in [0.1, 0.15) is 26.7 Å². The third kappa shape index (κ3) is 4.74. The molecule has 1 fully saturated rings. The van der Waals surface area contributed by atoms with Crippen LogP contribution in [0.25, 0.3) is 0 Å². The fourth-order valence-electron chi connectivity index (χ4n) is 3.02. The van der Waals surface area contributed by atoms with E-state index in [1.165, 1.54) is 25.6 Å². The molecular weight excluding hydrogens is 321 g/mol. The van der Waals surface area contributed by atoms with Crippen molar-refractivity contribution in [2.45, 2.75) is 26.7 Å². The zero-order valence-corrected chi connectivity index (χ0v) is 13.8. The van der Waals surface area contributed by atoms with Gasteiger partial charge in [-0.2, -0.15) is 0 Å². The number of halogens is 2. The lowest BCUT2D eigenvalue weighted by Gasteiger charge is -2.34. The highest BCUT2D eigenvalue weighted by molar-refractivity contribution is 9.10. The monoisotopic (exact) mass is 343 g/mol. The van der Waals surface area contributed by atoms with Gasteiger partial charge in [-0.15, -0.1) is 0 Å². The van der Waals surface area contributed by atoms with E-state index in [0.717, 1.165) is 24.8 Å². The average molecular weight is 344 g/mol. The minimum atomic E-state index is -0.277. The molecule has 0 aliphatic carbocycles. The van der Waals surface area contributed by atoms with Crippen molar-refractivity contribution < 1.29 is 9.13 Å². The Bertz CT molecular complexity index is 430. The van der Waals surface area contributed by atoms with Crippen LogP contribution in [0.5, 0.6) is 5.75 Å². The summed E-state index contributed by atoms with van der Waals surface area (Å²) in [4.78, 5) is 2.52. The lowest BCUT2D eigenvalue weighted by molar-refractivity contribution is 0.132. The Morgan fingerprint density at radius 3 is 2.65 bits per heavy atom. The summed E-state index contributed by atoms with van der Waals surface area (Å²) in [6, 6.07) is 4.89. The van der Waals surface area contributed by atoms with Crippen LogP contribution in [0.3, 0.4) is 0 Å². The molecule has 2 atom stereocenters. The highest BCUT2D eigenvalue weighted by Gasteiger charge is 2.20. The molecule has 1 heterocycles. The maximum atomic E-state index is 13.3. The lowest BCUT2D eigenvalue weighted by Crippen LogP contribution is -2.39. The molecule has 0 saturated carbocycles. The van der Waals surface area contributed by atoms with Crippen molar-refractivity contribution in [1.82, 2.24) is 4.90 Å². The molecule has 0 radical (unpaired) electrons. The SMILES string of the molecule is CC1CC(C)CN(CCCOc2ccc(Br)c(F)c2)C1. The second-order valence-corrected chi connectivity index (χ2v) is 6.84. The van der Waals surface area contributed by atoms with Crippen LogP contribution in [0.2, 0.25) is 0 Å². The predicted octanol–water partition coefficient (Wildman–Crippen LogP) is 4.34. The van der Waals surface area contributed by atoms with Gasteiger partial charge in [0.05, 0.1) is 11.1 Å². The molecule has 1 saturated heterocycles. The summed E-state index contributed by atoms with van der Waals surface area (Å²) in [5, 5.41) is 0. The van der Waals surface area contributed by atoms with Crippen molar-refractivity contribution in [1.29, 1.82) is 0 Å². The normalized spacial score (nSPS) is 23.8. The first-order chi connectivity index (χ1) is 9.54. The third-order valence-electron chi connectivity index (χ3n) is 3.72. The summed E-state index contributed by atoms with van der Waals surface area (Å²) in [6.45, 7) is 8.73. The van der Waals surface area contributed by atoms with Gasteiger partial charge in [0.25, 0.3) is 0 Å². The fraction of sp³-hybridized carbons (Fsp3) is 0.625. The van der Waals surface area contributed by atoms with Gasteiger partial charge in [0.2, 0.25) is 0 Å². The number of hydrogen-bond donors (Lipinski definition) is 0. The van der Waals surface area contributed by atoms with Gasteiger partial charge in [0.15, 0.2) is 0 Å². The zero-order valence-electron chi connectivity index (χ0n) is 12.2. The van der Waals surface area contributed by atoms with E-state index < -0.39 is 0 Å². The number of likely N-dealkylation sites (tertiary alicyclic amines) is 1. The molecule has 2 unspecified atom stereocenters. The van der Waals surface area contributed by atoms with Gasteiger partial charge < -0.3 is 9.64 Å². The van der Waals surface area contributed by atoms with Crippen molar-refractivity contribution in [3.63, 3.8) is 0 Å². The Labute approximate surface area is 129 Å². The molecule has 112 valence electrons. The lowest BCUT2D eigenvalue weighted by atomic mass is 9.92. The molecule has 0 bridgehead atoms. The smallest absolute Gasteiger partial charge is 0.141 e. The summed E-state index contributed by atoms with van der Waals surface area (Å²) >= 11 is 3.14. The van der Waals surface area contributed by atoms with Crippen molar-refractivity contribution in [3.8, 4) is 5.75 Å². The second-order valence-electron chi connectivity index (χ2n) is 5.98. The summed E-state index contributed by atoms with van der Waals surface area (Å²) in [6.07, 6.45) is 2.32. The highest BCUT2D eigenvalue weighted by Crippen LogP contribution is 2.22. The van der Waals surface area contributed by atoms with Crippen molar-refractivity contribution in [3.05, 3.63) is 28.5 Å². The van der Waals surface area contributed by atoms with Crippen LogP contribution in [0, 0.1) is 17.7 Å². The van der Waals surface area contributed by atoms with Gasteiger partial charge in [-0.1, -0.05) is 13.8 Å². The topological polar surface area (TPSA) is 12.5 Å². The highest BCUT2D eigenvalue weighted by atomic mass is 79.9. The second kappa shape index (κ2) is 7.41. The molecule has 2 rings (SSSR count). The maximum Gasteiger partial charge on any atom is 0.141 e. The molecule has 20 heavy (non-hydrogen) atoms. The first-order valence-corrected chi connectivity index (χ1v) is 8.14. The minimum Gasteiger partial charge on any atom is -0.493 e. The maximum absolute atomic E-state index is 13.3. The van der Waals surface area contributed by atoms with Crippen molar-refractivity contribution >= 4 is 15.9 Å². The van der Waals surface area contributed by atoms with Crippen molar-refractivity contribution in [2.75, 3.05) is 26.2 Å². The Morgan fingerprint density at radius 2 is 2.00 bits per heavy atom. The molecule has 4 heteroatoms. The van der Waals surface area contributed by atoms with E-state index in [-0.39, 0.29) is 5.82 Å². The Kier molecular flexibility index (Phi) is 5.85. The molecule has 0 spiro atoms. The van der Waals surface area contributed by atoms with Gasteiger partial charge in [0, 0.05) is 25.7 Å². The molecule has 1 aliphatic rings. The van der Waals surface area contributed by atoms with Crippen LogP contribution in [-0.4, -0.2) is 31.1 Å². The van der Waals surface area contributed by atoms with E-state index >= 15 is 0 Å². The summed E-state index contributed by atoms with van der Waals surface area (Å²) < 4.78 is 19.4. The zero-order chi connectivity index (χ0) is 14.5. The van der Waals surface area contributed by atoms with Crippen LogP contribution >= 0.6 is 15.9 Å². The molecule has 0 amide bonds. The average Bonchev–Trinajstić information content (AvgIpc) is 2.38. The number of hydrogen-bond acceptors (Lipinski definition) is 2. The summed E-state index contributed by atoms with van der Waals surface area (Å²) in [7, 11) is 0. The Hall–Kier alpha value is -0.610. The van der Waals surface area contributed by atoms with Crippen molar-refractivity contribution in [2.24, 2.45) is 11.8 Å². The number of nitrogens with zero attached hydrogens (tertiary/aromatic N) is 1. The standard InChI is InChI=1S/C16H23BrFNO/c1-12-8-13(2)11-19(10-12)6-3-7-20-14-4-5-15(17)16(18)9-14/h4-5,9,12-13H,3,6-8,10-11H2,1-2H3. The Balaban J connectivity index is 1.69. The fourth-order valence-corrected chi connectivity index (χ4v) is 3.27. The predicted molar refractivity (Wildman–Crippen MR) is 83.6 cm³/mol. The molecule has 1 aromatic rings. The summed E-state index contributed by atoms with van der Waals surface area (Å²) in [5.41, 5.74) is 0. The molecule has 0 aromatic heterocycles. The van der Waals surface area contributed by atoms with Crippen LogP contribution in [0.15, 0.2) is 22.7 Å². The van der Waals surface area contributed by atoms with Gasteiger partial charge in [-0.25, -0.2) is 4.39 Å². The van der Waals surface area contributed by atoms with Crippen LogP contribution in [0.4, 0.5) is 4.39 Å². The van der Waals surface area contributed by atoms with E-state index in [2.05, 4.69) is 34.7 Å². The number of benzene rings is 1. The minimum absolute atomic E-state index is 0.277. The first kappa shape index (κ1) is 15.8. The quantitative estimate of drug-likeness (QED) is 0.737.